The van der Waals surface area contributed by atoms with Crippen molar-refractivity contribution in [3.05, 3.63) is 69.7 Å². The van der Waals surface area contributed by atoms with E-state index in [4.69, 9.17) is 9.47 Å². The van der Waals surface area contributed by atoms with E-state index < -0.39 is 0 Å². The number of benzene rings is 2. The van der Waals surface area contributed by atoms with E-state index in [1.54, 1.807) is 23.1 Å². The number of anilines is 1. The third-order valence-corrected chi connectivity index (χ3v) is 8.11. The first kappa shape index (κ1) is 25.0. The third-order valence-electron chi connectivity index (χ3n) is 5.85. The number of hydrogen-bond donors (Lipinski definition) is 0. The van der Waals surface area contributed by atoms with E-state index in [0.717, 1.165) is 45.5 Å². The Labute approximate surface area is 213 Å². The maximum atomic E-state index is 11.7. The van der Waals surface area contributed by atoms with Gasteiger partial charge in [-0.25, -0.2) is 0 Å². The van der Waals surface area contributed by atoms with Crippen LogP contribution in [0.1, 0.15) is 30.0 Å². The Morgan fingerprint density at radius 1 is 1.00 bits per heavy atom. The Morgan fingerprint density at radius 2 is 1.69 bits per heavy atom. The van der Waals surface area contributed by atoms with Crippen LogP contribution in [-0.2, 0) is 38.4 Å². The van der Waals surface area contributed by atoms with E-state index in [1.807, 2.05) is 12.1 Å². The maximum absolute atomic E-state index is 11.7. The van der Waals surface area contributed by atoms with Crippen LogP contribution in [-0.4, -0.2) is 32.7 Å². The summed E-state index contributed by atoms with van der Waals surface area (Å²) in [6.45, 7) is 5.93. The molecule has 0 radical (unpaired) electrons. The van der Waals surface area contributed by atoms with Crippen molar-refractivity contribution >= 4 is 57.0 Å². The maximum Gasteiger partial charge on any atom is 0.309 e. The molecule has 0 bridgehead atoms. The number of thiazole rings is 1. The first-order chi connectivity index (χ1) is 17.0. The normalized spacial score (nSPS) is 14.2. The van der Waals surface area contributed by atoms with Gasteiger partial charge in [0.05, 0.1) is 37.8 Å². The molecule has 0 amide bonds. The Balaban J connectivity index is 1.57. The number of aryl methyl sites for hydroxylation is 1. The van der Waals surface area contributed by atoms with Gasteiger partial charge >= 0.3 is 11.9 Å². The van der Waals surface area contributed by atoms with Crippen molar-refractivity contribution in [2.75, 3.05) is 25.7 Å². The smallest absolute Gasteiger partial charge is 0.309 e. The lowest BCUT2D eigenvalue weighted by molar-refractivity contribution is -0.665. The first-order valence-corrected chi connectivity index (χ1v) is 13.2. The summed E-state index contributed by atoms with van der Waals surface area (Å²) in [5.74, 6) is -0.468. The quantitative estimate of drug-likeness (QED) is 0.310. The Morgan fingerprint density at radius 3 is 2.34 bits per heavy atom. The van der Waals surface area contributed by atoms with Gasteiger partial charge in [-0.05, 0) is 49.2 Å². The fourth-order valence-electron chi connectivity index (χ4n) is 4.10. The van der Waals surface area contributed by atoms with Crippen LogP contribution in [0.5, 0.6) is 0 Å². The number of carbonyl (C=O) groups is 2. The largest absolute Gasteiger partial charge is 0.469 e. The van der Waals surface area contributed by atoms with Crippen molar-refractivity contribution in [1.29, 1.82) is 0 Å². The van der Waals surface area contributed by atoms with Crippen LogP contribution >= 0.6 is 23.1 Å². The van der Waals surface area contributed by atoms with Gasteiger partial charge in [-0.15, -0.1) is 0 Å². The molecule has 0 saturated heterocycles. The summed E-state index contributed by atoms with van der Waals surface area (Å²) in [6, 6.07) is 12.3. The topological polar surface area (TPSA) is 59.7 Å². The Bertz CT molecular complexity index is 1330. The van der Waals surface area contributed by atoms with Crippen molar-refractivity contribution in [2.24, 2.45) is 0 Å². The molecule has 0 N–H and O–H groups in total. The van der Waals surface area contributed by atoms with Crippen molar-refractivity contribution in [1.82, 2.24) is 0 Å². The first-order valence-electron chi connectivity index (χ1n) is 11.5. The zero-order chi connectivity index (χ0) is 24.9. The molecule has 182 valence electrons. The van der Waals surface area contributed by atoms with Crippen LogP contribution in [0.3, 0.4) is 0 Å². The molecule has 35 heavy (non-hydrogen) atoms. The molecule has 1 aliphatic heterocycles. The number of aromatic nitrogens is 1. The van der Waals surface area contributed by atoms with Crippen LogP contribution in [0.15, 0.2) is 58.5 Å². The molecule has 0 spiro atoms. The summed E-state index contributed by atoms with van der Waals surface area (Å²) < 4.78 is 13.1. The molecule has 4 rings (SSSR count). The molecule has 0 saturated carbocycles. The predicted molar refractivity (Wildman–Crippen MR) is 142 cm³/mol. The molecule has 0 aliphatic carbocycles. The van der Waals surface area contributed by atoms with Gasteiger partial charge in [0.1, 0.15) is 11.2 Å². The lowest BCUT2D eigenvalue weighted by Gasteiger charge is -2.18. The zero-order valence-electron chi connectivity index (χ0n) is 20.4. The lowest BCUT2D eigenvalue weighted by atomic mass is 10.1. The highest BCUT2D eigenvalue weighted by molar-refractivity contribution is 8.03. The number of nitrogens with zero attached hydrogens (tertiary/aromatic N) is 2. The molecule has 0 unspecified atom stereocenters. The van der Waals surface area contributed by atoms with Gasteiger partial charge in [0, 0.05) is 23.6 Å². The van der Waals surface area contributed by atoms with Gasteiger partial charge in [-0.2, -0.15) is 4.57 Å². The molecule has 2 aromatic carbocycles. The highest BCUT2D eigenvalue weighted by Crippen LogP contribution is 2.46. The molecule has 8 heteroatoms. The highest BCUT2D eigenvalue weighted by atomic mass is 32.2. The molecule has 0 fully saturated rings. The molecule has 6 nitrogen and oxygen atoms in total. The highest BCUT2D eigenvalue weighted by Gasteiger charge is 2.24. The summed E-state index contributed by atoms with van der Waals surface area (Å²) in [5, 5.41) is 2.30. The van der Waals surface area contributed by atoms with Gasteiger partial charge < -0.3 is 14.4 Å². The number of esters is 2. The van der Waals surface area contributed by atoms with Crippen LogP contribution in [0, 0.1) is 0 Å². The average Bonchev–Trinajstić information content (AvgIpc) is 3.39. The Kier molecular flexibility index (Phi) is 7.93. The van der Waals surface area contributed by atoms with Crippen molar-refractivity contribution in [3.63, 3.8) is 0 Å². The number of allylic oxidation sites excluding steroid dienone is 2. The molecule has 2 heterocycles. The predicted octanol–water partition coefficient (Wildman–Crippen LogP) is 5.13. The second-order valence-corrected chi connectivity index (χ2v) is 10.1. The van der Waals surface area contributed by atoms with Gasteiger partial charge in [0.15, 0.2) is 0 Å². The molecular weight excluding hydrogens is 480 g/mol. The minimum absolute atomic E-state index is 0.234. The second-order valence-electron chi connectivity index (χ2n) is 8.00. The lowest BCUT2D eigenvalue weighted by Crippen LogP contribution is -2.33. The number of rotatable bonds is 8. The number of carbonyl (C=O) groups excluding carboxylic acids is 2. The fourth-order valence-corrected chi connectivity index (χ4v) is 6.34. The minimum atomic E-state index is -0.234. The number of ether oxygens (including phenoxy) is 2. The van der Waals surface area contributed by atoms with Crippen LogP contribution in [0.4, 0.5) is 5.69 Å². The minimum Gasteiger partial charge on any atom is -0.469 e. The Hall–Kier alpha value is -3.10. The molecule has 3 aromatic rings. The molecule has 1 aliphatic rings. The summed E-state index contributed by atoms with van der Waals surface area (Å²) in [7, 11) is 2.83. The number of fused-ring (bicyclic) bond motifs is 2. The number of thioether (sulfide) groups is 1. The molecule has 0 atom stereocenters. The zero-order valence-corrected chi connectivity index (χ0v) is 22.0. The summed E-state index contributed by atoms with van der Waals surface area (Å²) in [6.07, 6.45) is 6.92. The summed E-state index contributed by atoms with van der Waals surface area (Å²) in [4.78, 5) is 26.8. The van der Waals surface area contributed by atoms with E-state index >= 15 is 0 Å². The van der Waals surface area contributed by atoms with Crippen LogP contribution < -0.4 is 9.47 Å². The van der Waals surface area contributed by atoms with Crippen molar-refractivity contribution in [3.8, 4) is 0 Å². The van der Waals surface area contributed by atoms with E-state index in [2.05, 4.69) is 65.8 Å². The SMILES string of the molecule is CCN1C(=CC=Cc2sc3ccc(CC(=O)OC)cc3[n+]2CC)Sc2ccc(CC(=O)OC)cc21. The summed E-state index contributed by atoms with van der Waals surface area (Å²) in [5.41, 5.74) is 4.16. The average molecular weight is 510 g/mol. The van der Waals surface area contributed by atoms with E-state index in [9.17, 15) is 9.59 Å². The van der Waals surface area contributed by atoms with Gasteiger partial charge in [-0.3, -0.25) is 9.59 Å². The van der Waals surface area contributed by atoms with E-state index in [0.29, 0.717) is 0 Å². The second kappa shape index (κ2) is 11.1. The van der Waals surface area contributed by atoms with Gasteiger partial charge in [0.2, 0.25) is 5.52 Å². The number of methoxy groups -OCH3 is 2. The van der Waals surface area contributed by atoms with Gasteiger partial charge in [-0.1, -0.05) is 41.3 Å². The van der Waals surface area contributed by atoms with Crippen molar-refractivity contribution in [2.45, 2.75) is 38.1 Å². The summed E-state index contributed by atoms with van der Waals surface area (Å²) >= 11 is 3.47. The molecular formula is C27H29N2O4S2+. The van der Waals surface area contributed by atoms with Crippen LogP contribution in [0.2, 0.25) is 0 Å². The van der Waals surface area contributed by atoms with Crippen molar-refractivity contribution < 1.29 is 23.6 Å². The van der Waals surface area contributed by atoms with Crippen LogP contribution in [0.25, 0.3) is 16.3 Å². The monoisotopic (exact) mass is 509 g/mol. The standard InChI is InChI=1S/C27H29N2O4S2/c1-5-28-20-14-18(16-26(30)32-3)10-12-22(20)34-24(28)8-7-9-25-29(6-2)21-15-19(17-27(31)33-4)11-13-23(21)35-25/h7-15H,5-6,16-17H2,1-4H3/q+1. The van der Waals surface area contributed by atoms with E-state index in [1.165, 1.54) is 23.8 Å². The third kappa shape index (κ3) is 5.44. The fraction of sp³-hybridized carbons (Fsp3) is 0.296. The number of hydrogen-bond acceptors (Lipinski definition) is 7. The van der Waals surface area contributed by atoms with Gasteiger partial charge in [0.25, 0.3) is 5.01 Å². The molecule has 1 aromatic heterocycles. The van der Waals surface area contributed by atoms with E-state index in [-0.39, 0.29) is 24.8 Å².